The molecule has 2 rings (SSSR count). The van der Waals surface area contributed by atoms with E-state index >= 15 is 0 Å². The molecule has 0 aliphatic rings. The molecule has 0 bridgehead atoms. The van der Waals surface area contributed by atoms with Gasteiger partial charge in [-0.1, -0.05) is 24.3 Å². The largest absolute Gasteiger partial charge is 0.454 e. The Balaban J connectivity index is 2.43. The zero-order valence-corrected chi connectivity index (χ0v) is 10.5. The zero-order valence-electron chi connectivity index (χ0n) is 10.5. The van der Waals surface area contributed by atoms with Crippen LogP contribution in [0.1, 0.15) is 16.7 Å². The van der Waals surface area contributed by atoms with Crippen molar-refractivity contribution in [1.29, 1.82) is 0 Å². The highest BCUT2D eigenvalue weighted by molar-refractivity contribution is 5.44. The molecule has 0 atom stereocenters. The van der Waals surface area contributed by atoms with Gasteiger partial charge in [-0.25, -0.2) is 4.39 Å². The molecule has 2 nitrogen and oxygen atoms in total. The molecule has 0 aromatic heterocycles. The van der Waals surface area contributed by atoms with Crippen LogP contribution in [0.2, 0.25) is 0 Å². The number of hydrogen-bond donors (Lipinski definition) is 1. The summed E-state index contributed by atoms with van der Waals surface area (Å²) in [7, 11) is 0. The Kier molecular flexibility index (Phi) is 3.63. The molecule has 0 spiro atoms. The first-order valence-electron chi connectivity index (χ1n) is 5.85. The van der Waals surface area contributed by atoms with E-state index in [1.165, 1.54) is 6.07 Å². The molecule has 2 aromatic rings. The first-order chi connectivity index (χ1) is 8.63. The highest BCUT2D eigenvalue weighted by Gasteiger charge is 2.11. The van der Waals surface area contributed by atoms with Crippen molar-refractivity contribution in [3.8, 4) is 11.5 Å². The molecule has 0 saturated heterocycles. The SMILES string of the molecule is Cc1cccc(Oc2c(F)cccc2CN)c1C. The molecular formula is C15H16FNO. The molecule has 0 aliphatic heterocycles. The lowest BCUT2D eigenvalue weighted by Gasteiger charge is -2.13. The third-order valence-corrected chi connectivity index (χ3v) is 3.04. The first kappa shape index (κ1) is 12.6. The van der Waals surface area contributed by atoms with E-state index in [-0.39, 0.29) is 18.1 Å². The highest BCUT2D eigenvalue weighted by atomic mass is 19.1. The topological polar surface area (TPSA) is 35.2 Å². The van der Waals surface area contributed by atoms with E-state index in [0.717, 1.165) is 11.1 Å². The van der Waals surface area contributed by atoms with E-state index in [1.54, 1.807) is 12.1 Å². The summed E-state index contributed by atoms with van der Waals surface area (Å²) >= 11 is 0. The summed E-state index contributed by atoms with van der Waals surface area (Å²) in [6.07, 6.45) is 0. The van der Waals surface area contributed by atoms with Gasteiger partial charge in [0.15, 0.2) is 11.6 Å². The standard InChI is InChI=1S/C15H16FNO/c1-10-5-3-8-14(11(10)2)18-15-12(9-17)6-4-7-13(15)16/h3-8H,9,17H2,1-2H3. The maximum absolute atomic E-state index is 13.8. The van der Waals surface area contributed by atoms with Crippen molar-refractivity contribution >= 4 is 0 Å². The van der Waals surface area contributed by atoms with Crippen LogP contribution in [0.5, 0.6) is 11.5 Å². The second kappa shape index (κ2) is 5.19. The van der Waals surface area contributed by atoms with Gasteiger partial charge in [-0.05, 0) is 37.1 Å². The molecule has 2 aromatic carbocycles. The van der Waals surface area contributed by atoms with E-state index in [9.17, 15) is 4.39 Å². The summed E-state index contributed by atoms with van der Waals surface area (Å²) < 4.78 is 19.5. The Morgan fingerprint density at radius 1 is 1.11 bits per heavy atom. The Labute approximate surface area is 106 Å². The van der Waals surface area contributed by atoms with Crippen LogP contribution >= 0.6 is 0 Å². The molecule has 0 fully saturated rings. The second-order valence-corrected chi connectivity index (χ2v) is 4.23. The monoisotopic (exact) mass is 245 g/mol. The molecule has 0 unspecified atom stereocenters. The normalized spacial score (nSPS) is 10.4. The summed E-state index contributed by atoms with van der Waals surface area (Å²) in [6, 6.07) is 10.5. The molecule has 2 N–H and O–H groups in total. The Hall–Kier alpha value is -1.87. The molecule has 94 valence electrons. The quantitative estimate of drug-likeness (QED) is 0.895. The van der Waals surface area contributed by atoms with Crippen molar-refractivity contribution in [1.82, 2.24) is 0 Å². The number of nitrogens with two attached hydrogens (primary N) is 1. The van der Waals surface area contributed by atoms with Crippen LogP contribution in [0.3, 0.4) is 0 Å². The lowest BCUT2D eigenvalue weighted by atomic mass is 10.1. The average molecular weight is 245 g/mol. The molecular weight excluding hydrogens is 229 g/mol. The van der Waals surface area contributed by atoms with Gasteiger partial charge in [0.1, 0.15) is 5.75 Å². The van der Waals surface area contributed by atoms with Crippen LogP contribution in [0.25, 0.3) is 0 Å². The minimum Gasteiger partial charge on any atom is -0.454 e. The van der Waals surface area contributed by atoms with Crippen LogP contribution < -0.4 is 10.5 Å². The van der Waals surface area contributed by atoms with Gasteiger partial charge in [0.25, 0.3) is 0 Å². The fourth-order valence-corrected chi connectivity index (χ4v) is 1.77. The number of aryl methyl sites for hydroxylation is 1. The summed E-state index contributed by atoms with van der Waals surface area (Å²) in [5.41, 5.74) is 8.37. The second-order valence-electron chi connectivity index (χ2n) is 4.23. The van der Waals surface area contributed by atoms with Gasteiger partial charge in [-0.15, -0.1) is 0 Å². The van der Waals surface area contributed by atoms with E-state index in [0.29, 0.717) is 11.3 Å². The summed E-state index contributed by atoms with van der Waals surface area (Å²) in [5, 5.41) is 0. The van der Waals surface area contributed by atoms with Crippen LogP contribution in [0.15, 0.2) is 36.4 Å². The van der Waals surface area contributed by atoms with Crippen molar-refractivity contribution in [2.45, 2.75) is 20.4 Å². The van der Waals surface area contributed by atoms with Gasteiger partial charge >= 0.3 is 0 Å². The summed E-state index contributed by atoms with van der Waals surface area (Å²) in [6.45, 7) is 4.19. The average Bonchev–Trinajstić information content (AvgIpc) is 2.37. The summed E-state index contributed by atoms with van der Waals surface area (Å²) in [5.74, 6) is 0.488. The summed E-state index contributed by atoms with van der Waals surface area (Å²) in [4.78, 5) is 0. The van der Waals surface area contributed by atoms with Gasteiger partial charge < -0.3 is 10.5 Å². The smallest absolute Gasteiger partial charge is 0.167 e. The van der Waals surface area contributed by atoms with Crippen LogP contribution in [0.4, 0.5) is 4.39 Å². The minimum absolute atomic E-state index is 0.216. The molecule has 0 heterocycles. The van der Waals surface area contributed by atoms with Crippen LogP contribution in [-0.2, 0) is 6.54 Å². The van der Waals surface area contributed by atoms with Crippen molar-refractivity contribution in [2.24, 2.45) is 5.73 Å². The minimum atomic E-state index is -0.390. The molecule has 0 aliphatic carbocycles. The van der Waals surface area contributed by atoms with E-state index in [1.807, 2.05) is 32.0 Å². The third-order valence-electron chi connectivity index (χ3n) is 3.04. The third kappa shape index (κ3) is 2.36. The van der Waals surface area contributed by atoms with Gasteiger partial charge in [0.2, 0.25) is 0 Å². The van der Waals surface area contributed by atoms with Crippen molar-refractivity contribution in [3.05, 3.63) is 58.9 Å². The molecule has 3 heteroatoms. The molecule has 0 saturated carbocycles. The fraction of sp³-hybridized carbons (Fsp3) is 0.200. The van der Waals surface area contributed by atoms with Crippen molar-refractivity contribution < 1.29 is 9.13 Å². The number of benzene rings is 2. The number of hydrogen-bond acceptors (Lipinski definition) is 2. The van der Waals surface area contributed by atoms with Crippen LogP contribution in [-0.4, -0.2) is 0 Å². The van der Waals surface area contributed by atoms with E-state index in [4.69, 9.17) is 10.5 Å². The lowest BCUT2D eigenvalue weighted by molar-refractivity contribution is 0.433. The number of para-hydroxylation sites is 1. The number of halogens is 1. The molecule has 18 heavy (non-hydrogen) atoms. The van der Waals surface area contributed by atoms with E-state index in [2.05, 4.69) is 0 Å². The first-order valence-corrected chi connectivity index (χ1v) is 5.85. The highest BCUT2D eigenvalue weighted by Crippen LogP contribution is 2.31. The van der Waals surface area contributed by atoms with Gasteiger partial charge in [0, 0.05) is 12.1 Å². The van der Waals surface area contributed by atoms with E-state index < -0.39 is 0 Å². The maximum Gasteiger partial charge on any atom is 0.167 e. The predicted octanol–water partition coefficient (Wildman–Crippen LogP) is 3.69. The Morgan fingerprint density at radius 3 is 2.56 bits per heavy atom. The van der Waals surface area contributed by atoms with Crippen LogP contribution in [0, 0.1) is 19.7 Å². The molecule has 0 amide bonds. The van der Waals surface area contributed by atoms with Crippen molar-refractivity contribution in [3.63, 3.8) is 0 Å². The zero-order chi connectivity index (χ0) is 13.1. The lowest BCUT2D eigenvalue weighted by Crippen LogP contribution is -2.02. The van der Waals surface area contributed by atoms with Gasteiger partial charge in [-0.2, -0.15) is 0 Å². The van der Waals surface area contributed by atoms with Gasteiger partial charge in [-0.3, -0.25) is 0 Å². The predicted molar refractivity (Wildman–Crippen MR) is 70.3 cm³/mol. The maximum atomic E-state index is 13.8. The number of rotatable bonds is 3. The van der Waals surface area contributed by atoms with Crippen molar-refractivity contribution in [2.75, 3.05) is 0 Å². The Bertz CT molecular complexity index is 566. The Morgan fingerprint density at radius 2 is 1.83 bits per heavy atom. The molecule has 0 radical (unpaired) electrons. The van der Waals surface area contributed by atoms with Gasteiger partial charge in [0.05, 0.1) is 0 Å². The fourth-order valence-electron chi connectivity index (χ4n) is 1.77. The number of ether oxygens (including phenoxy) is 1.